The van der Waals surface area contributed by atoms with Crippen LogP contribution in [0.5, 0.6) is 0 Å². The summed E-state index contributed by atoms with van der Waals surface area (Å²) in [7, 11) is 0. The van der Waals surface area contributed by atoms with Crippen molar-refractivity contribution in [2.75, 3.05) is 32.8 Å². The van der Waals surface area contributed by atoms with E-state index in [9.17, 15) is 4.79 Å². The normalized spacial score (nSPS) is 24.6. The molecule has 2 aromatic rings. The van der Waals surface area contributed by atoms with Gasteiger partial charge in [0, 0.05) is 25.7 Å². The van der Waals surface area contributed by atoms with Crippen molar-refractivity contribution in [3.63, 3.8) is 0 Å². The van der Waals surface area contributed by atoms with E-state index in [1.165, 1.54) is 5.56 Å². The molecule has 0 aliphatic carbocycles. The van der Waals surface area contributed by atoms with Crippen molar-refractivity contribution < 1.29 is 13.9 Å². The average molecular weight is 340 g/mol. The first-order valence-corrected chi connectivity index (χ1v) is 9.02. The number of carbonyl (C=O) groups excluding carboxylic acids is 1. The van der Waals surface area contributed by atoms with Crippen LogP contribution in [0.4, 0.5) is 0 Å². The lowest BCUT2D eigenvalue weighted by molar-refractivity contribution is 0.00864. The Balaban J connectivity index is 1.58. The predicted octanol–water partition coefficient (Wildman–Crippen LogP) is 2.44. The smallest absolute Gasteiger partial charge is 0.257 e. The van der Waals surface area contributed by atoms with Gasteiger partial charge in [0.1, 0.15) is 6.26 Å². The van der Waals surface area contributed by atoms with Gasteiger partial charge in [-0.3, -0.25) is 9.69 Å². The molecule has 2 aliphatic heterocycles. The van der Waals surface area contributed by atoms with E-state index in [0.717, 1.165) is 45.7 Å². The number of morpholine rings is 1. The van der Waals surface area contributed by atoms with Crippen LogP contribution in [0.25, 0.3) is 0 Å². The van der Waals surface area contributed by atoms with Gasteiger partial charge >= 0.3 is 0 Å². The number of hydrogen-bond donors (Lipinski definition) is 0. The Labute approximate surface area is 148 Å². The van der Waals surface area contributed by atoms with Crippen LogP contribution in [0.2, 0.25) is 0 Å². The maximum absolute atomic E-state index is 13.0. The van der Waals surface area contributed by atoms with E-state index in [1.807, 2.05) is 11.0 Å². The third-order valence-electron chi connectivity index (χ3n) is 5.34. The number of amides is 1. The fourth-order valence-electron chi connectivity index (χ4n) is 4.08. The summed E-state index contributed by atoms with van der Waals surface area (Å²) in [4.78, 5) is 17.5. The van der Waals surface area contributed by atoms with Crippen molar-refractivity contribution >= 4 is 5.91 Å². The SMILES string of the molecule is O=C(c1ccoc1)N1CC[C@@H](N2CCOCC2)[C@@H]1Cc1ccccc1. The monoisotopic (exact) mass is 340 g/mol. The van der Waals surface area contributed by atoms with Gasteiger partial charge in [-0.1, -0.05) is 30.3 Å². The third-order valence-corrected chi connectivity index (χ3v) is 5.34. The van der Waals surface area contributed by atoms with Crippen LogP contribution in [0.1, 0.15) is 22.3 Å². The molecule has 4 rings (SSSR count). The Morgan fingerprint density at radius 1 is 1.08 bits per heavy atom. The Kier molecular flexibility index (Phi) is 4.85. The summed E-state index contributed by atoms with van der Waals surface area (Å²) in [5.74, 6) is 0.0745. The number of ether oxygens (including phenoxy) is 1. The summed E-state index contributed by atoms with van der Waals surface area (Å²) in [6, 6.07) is 12.8. The second-order valence-electron chi connectivity index (χ2n) is 6.77. The number of likely N-dealkylation sites (tertiary alicyclic amines) is 1. The summed E-state index contributed by atoms with van der Waals surface area (Å²) >= 11 is 0. The Hall–Kier alpha value is -2.11. The largest absolute Gasteiger partial charge is 0.472 e. The molecule has 5 nitrogen and oxygen atoms in total. The van der Waals surface area contributed by atoms with Crippen LogP contribution in [0.15, 0.2) is 53.3 Å². The van der Waals surface area contributed by atoms with E-state index in [0.29, 0.717) is 11.6 Å². The van der Waals surface area contributed by atoms with Crippen LogP contribution in [-0.2, 0) is 11.2 Å². The minimum atomic E-state index is 0.0745. The van der Waals surface area contributed by atoms with Gasteiger partial charge in [0.15, 0.2) is 0 Å². The molecule has 2 fully saturated rings. The first-order chi connectivity index (χ1) is 12.3. The van der Waals surface area contributed by atoms with Crippen molar-refractivity contribution in [3.05, 3.63) is 60.1 Å². The average Bonchev–Trinajstić information content (AvgIpc) is 3.33. The van der Waals surface area contributed by atoms with Crippen LogP contribution >= 0.6 is 0 Å². The first kappa shape index (κ1) is 16.4. The molecule has 1 aromatic heterocycles. The van der Waals surface area contributed by atoms with Gasteiger partial charge < -0.3 is 14.1 Å². The van der Waals surface area contributed by atoms with Crippen molar-refractivity contribution in [3.8, 4) is 0 Å². The molecule has 0 unspecified atom stereocenters. The summed E-state index contributed by atoms with van der Waals surface area (Å²) < 4.78 is 10.6. The van der Waals surface area contributed by atoms with Crippen LogP contribution in [0.3, 0.4) is 0 Å². The fraction of sp³-hybridized carbons (Fsp3) is 0.450. The lowest BCUT2D eigenvalue weighted by Crippen LogP contribution is -2.51. The fourth-order valence-corrected chi connectivity index (χ4v) is 4.08. The molecule has 5 heteroatoms. The Morgan fingerprint density at radius 3 is 2.60 bits per heavy atom. The lowest BCUT2D eigenvalue weighted by Gasteiger charge is -2.37. The molecule has 1 amide bonds. The van der Waals surface area contributed by atoms with Crippen molar-refractivity contribution in [2.45, 2.75) is 24.9 Å². The molecule has 132 valence electrons. The molecule has 3 heterocycles. The van der Waals surface area contributed by atoms with E-state index in [1.54, 1.807) is 18.6 Å². The highest BCUT2D eigenvalue weighted by molar-refractivity contribution is 5.94. The van der Waals surface area contributed by atoms with E-state index < -0.39 is 0 Å². The number of furan rings is 1. The molecule has 0 N–H and O–H groups in total. The van der Waals surface area contributed by atoms with Crippen LogP contribution in [-0.4, -0.2) is 60.6 Å². The Bertz CT molecular complexity index is 680. The van der Waals surface area contributed by atoms with Crippen molar-refractivity contribution in [1.29, 1.82) is 0 Å². The quantitative estimate of drug-likeness (QED) is 0.858. The number of carbonyl (C=O) groups is 1. The minimum Gasteiger partial charge on any atom is -0.472 e. The second kappa shape index (κ2) is 7.42. The molecular formula is C20H24N2O3. The lowest BCUT2D eigenvalue weighted by atomic mass is 9.98. The summed E-state index contributed by atoms with van der Waals surface area (Å²) in [6.07, 6.45) is 5.01. The first-order valence-electron chi connectivity index (χ1n) is 9.02. The highest BCUT2D eigenvalue weighted by Gasteiger charge is 2.40. The summed E-state index contributed by atoms with van der Waals surface area (Å²) in [6.45, 7) is 4.26. The number of benzene rings is 1. The second-order valence-corrected chi connectivity index (χ2v) is 6.77. The van der Waals surface area contributed by atoms with E-state index in [4.69, 9.17) is 9.15 Å². The molecule has 2 aliphatic rings. The summed E-state index contributed by atoms with van der Waals surface area (Å²) in [5, 5.41) is 0. The minimum absolute atomic E-state index is 0.0745. The van der Waals surface area contributed by atoms with E-state index >= 15 is 0 Å². The van der Waals surface area contributed by atoms with Crippen LogP contribution < -0.4 is 0 Å². The highest BCUT2D eigenvalue weighted by atomic mass is 16.5. The van der Waals surface area contributed by atoms with Gasteiger partial charge in [0.05, 0.1) is 31.1 Å². The Morgan fingerprint density at radius 2 is 1.88 bits per heavy atom. The van der Waals surface area contributed by atoms with Crippen molar-refractivity contribution in [2.24, 2.45) is 0 Å². The predicted molar refractivity (Wildman–Crippen MR) is 94.5 cm³/mol. The van der Waals surface area contributed by atoms with Gasteiger partial charge in [0.2, 0.25) is 0 Å². The highest BCUT2D eigenvalue weighted by Crippen LogP contribution is 2.28. The topological polar surface area (TPSA) is 45.9 Å². The molecule has 2 saturated heterocycles. The molecule has 1 aromatic carbocycles. The number of nitrogens with zero attached hydrogens (tertiary/aromatic N) is 2. The molecule has 0 radical (unpaired) electrons. The molecular weight excluding hydrogens is 316 g/mol. The van der Waals surface area contributed by atoms with Gasteiger partial charge in [-0.15, -0.1) is 0 Å². The molecule has 0 bridgehead atoms. The maximum atomic E-state index is 13.0. The van der Waals surface area contributed by atoms with Crippen molar-refractivity contribution in [1.82, 2.24) is 9.80 Å². The zero-order valence-electron chi connectivity index (χ0n) is 14.3. The number of hydrogen-bond acceptors (Lipinski definition) is 4. The summed E-state index contributed by atoms with van der Waals surface area (Å²) in [5.41, 5.74) is 1.92. The molecule has 25 heavy (non-hydrogen) atoms. The van der Waals surface area contributed by atoms with Crippen LogP contribution in [0, 0.1) is 0 Å². The standard InChI is InChI=1S/C20H24N2O3/c23-20(17-7-11-25-15-17)22-8-6-18(21-9-12-24-13-10-21)19(22)14-16-4-2-1-3-5-16/h1-5,7,11,15,18-19H,6,8-10,12-14H2/t18-,19+/m1/s1. The van der Waals surface area contributed by atoms with Gasteiger partial charge in [-0.05, 0) is 24.5 Å². The molecule has 2 atom stereocenters. The van der Waals surface area contributed by atoms with E-state index in [-0.39, 0.29) is 11.9 Å². The zero-order chi connectivity index (χ0) is 17.1. The maximum Gasteiger partial charge on any atom is 0.257 e. The van der Waals surface area contributed by atoms with Gasteiger partial charge in [-0.25, -0.2) is 0 Å². The van der Waals surface area contributed by atoms with Gasteiger partial charge in [-0.2, -0.15) is 0 Å². The number of rotatable bonds is 4. The van der Waals surface area contributed by atoms with E-state index in [2.05, 4.69) is 29.2 Å². The zero-order valence-corrected chi connectivity index (χ0v) is 14.3. The van der Waals surface area contributed by atoms with Gasteiger partial charge in [0.25, 0.3) is 5.91 Å². The third kappa shape index (κ3) is 3.48. The molecule has 0 saturated carbocycles. The molecule has 0 spiro atoms.